The lowest BCUT2D eigenvalue weighted by molar-refractivity contribution is -0.161. The summed E-state index contributed by atoms with van der Waals surface area (Å²) >= 11 is 0. The molecule has 0 fully saturated rings. The number of rotatable bonds is 76. The van der Waals surface area contributed by atoms with Gasteiger partial charge in [-0.15, -0.1) is 0 Å². The van der Waals surface area contributed by atoms with Crippen molar-refractivity contribution in [3.05, 3.63) is 0 Å². The van der Waals surface area contributed by atoms with Crippen molar-refractivity contribution in [2.45, 2.75) is 418 Å². The van der Waals surface area contributed by atoms with Crippen LogP contribution in [0.3, 0.4) is 0 Å². The highest BCUT2D eigenvalue weighted by Gasteiger charge is 2.30. The number of aliphatic hydroxyl groups is 1. The van der Waals surface area contributed by atoms with Gasteiger partial charge in [-0.05, 0) is 25.7 Å². The zero-order valence-electron chi connectivity index (χ0n) is 60.9. The van der Waals surface area contributed by atoms with Crippen LogP contribution in [0.1, 0.15) is 400 Å². The number of aliphatic hydroxyl groups excluding tert-OH is 1. The Morgan fingerprint density at radius 1 is 0.255 bits per heavy atom. The van der Waals surface area contributed by atoms with Crippen LogP contribution in [0, 0.1) is 0 Å². The second-order valence-corrected chi connectivity index (χ2v) is 29.9. The molecule has 0 rings (SSSR count). The molecule has 94 heavy (non-hydrogen) atoms. The lowest BCUT2D eigenvalue weighted by atomic mass is 10.0. The van der Waals surface area contributed by atoms with Crippen LogP contribution < -0.4 is 0 Å². The predicted molar refractivity (Wildman–Crippen MR) is 382 cm³/mol. The Hall–Kier alpha value is -1.94. The van der Waals surface area contributed by atoms with Crippen molar-refractivity contribution in [3.8, 4) is 0 Å². The van der Waals surface area contributed by atoms with E-state index in [2.05, 4.69) is 27.7 Å². The Labute approximate surface area is 575 Å². The highest BCUT2D eigenvalue weighted by Crippen LogP contribution is 2.45. The van der Waals surface area contributed by atoms with Crippen LogP contribution in [-0.2, 0) is 65.4 Å². The van der Waals surface area contributed by atoms with Crippen molar-refractivity contribution >= 4 is 39.5 Å². The van der Waals surface area contributed by atoms with Crippen molar-refractivity contribution < 1.29 is 80.2 Å². The Kier molecular flexibility index (Phi) is 68.1. The van der Waals surface area contributed by atoms with E-state index in [1.54, 1.807) is 0 Å². The van der Waals surface area contributed by atoms with E-state index in [1.165, 1.54) is 231 Å². The summed E-state index contributed by atoms with van der Waals surface area (Å²) in [4.78, 5) is 72.6. The van der Waals surface area contributed by atoms with E-state index in [0.717, 1.165) is 89.9 Å². The van der Waals surface area contributed by atoms with Crippen LogP contribution >= 0.6 is 15.6 Å². The van der Waals surface area contributed by atoms with Crippen LogP contribution in [0.25, 0.3) is 0 Å². The number of hydrogen-bond acceptors (Lipinski definition) is 15. The van der Waals surface area contributed by atoms with E-state index in [1.807, 2.05) is 0 Å². The van der Waals surface area contributed by atoms with Crippen molar-refractivity contribution in [3.63, 3.8) is 0 Å². The Bertz CT molecular complexity index is 1790. The molecule has 2 unspecified atom stereocenters. The van der Waals surface area contributed by atoms with Gasteiger partial charge in [-0.1, -0.05) is 349 Å². The van der Waals surface area contributed by atoms with Gasteiger partial charge in [0.2, 0.25) is 0 Å². The van der Waals surface area contributed by atoms with E-state index in [-0.39, 0.29) is 25.7 Å². The number of hydrogen-bond donors (Lipinski definition) is 3. The Morgan fingerprint density at radius 2 is 0.426 bits per heavy atom. The number of phosphoric acid groups is 2. The highest BCUT2D eigenvalue weighted by molar-refractivity contribution is 7.47. The van der Waals surface area contributed by atoms with E-state index in [0.29, 0.717) is 25.7 Å². The number of phosphoric ester groups is 2. The van der Waals surface area contributed by atoms with Gasteiger partial charge in [0.15, 0.2) is 12.2 Å². The lowest BCUT2D eigenvalue weighted by Gasteiger charge is -2.21. The molecule has 0 spiro atoms. The van der Waals surface area contributed by atoms with Gasteiger partial charge in [0, 0.05) is 25.7 Å². The fourth-order valence-electron chi connectivity index (χ4n) is 11.6. The van der Waals surface area contributed by atoms with Crippen molar-refractivity contribution in [2.24, 2.45) is 0 Å². The maximum Gasteiger partial charge on any atom is 0.472 e. The predicted octanol–water partition coefficient (Wildman–Crippen LogP) is 22.2. The van der Waals surface area contributed by atoms with Gasteiger partial charge in [-0.25, -0.2) is 9.13 Å². The summed E-state index contributed by atoms with van der Waals surface area (Å²) in [6.45, 7) is 4.95. The van der Waals surface area contributed by atoms with Crippen LogP contribution in [0.5, 0.6) is 0 Å². The van der Waals surface area contributed by atoms with Crippen molar-refractivity contribution in [1.82, 2.24) is 0 Å². The number of ether oxygens (including phenoxy) is 4. The largest absolute Gasteiger partial charge is 0.472 e. The molecule has 0 saturated carbocycles. The smallest absolute Gasteiger partial charge is 0.462 e. The van der Waals surface area contributed by atoms with Gasteiger partial charge in [-0.3, -0.25) is 37.3 Å². The highest BCUT2D eigenvalue weighted by atomic mass is 31.2. The molecule has 0 radical (unpaired) electrons. The maximum absolute atomic E-state index is 13.1. The molecule has 0 bridgehead atoms. The second kappa shape index (κ2) is 69.5. The maximum atomic E-state index is 13.1. The van der Waals surface area contributed by atoms with Crippen molar-refractivity contribution in [2.75, 3.05) is 39.6 Å². The number of carbonyl (C=O) groups excluding carboxylic acids is 4. The third kappa shape index (κ3) is 68.6. The summed E-state index contributed by atoms with van der Waals surface area (Å²) in [6, 6.07) is 0. The summed E-state index contributed by atoms with van der Waals surface area (Å²) in [5, 5.41) is 10.6. The third-order valence-corrected chi connectivity index (χ3v) is 19.5. The van der Waals surface area contributed by atoms with Gasteiger partial charge in [0.1, 0.15) is 19.3 Å². The first kappa shape index (κ1) is 92.1. The topological polar surface area (TPSA) is 237 Å². The molecule has 0 amide bonds. The molecule has 0 aliphatic carbocycles. The molecule has 0 aromatic carbocycles. The number of esters is 4. The van der Waals surface area contributed by atoms with E-state index < -0.39 is 97.5 Å². The zero-order chi connectivity index (χ0) is 69.0. The van der Waals surface area contributed by atoms with Crippen LogP contribution in [0.2, 0.25) is 0 Å². The molecule has 0 saturated heterocycles. The minimum atomic E-state index is -4.95. The Balaban J connectivity index is 5.15. The summed E-state index contributed by atoms with van der Waals surface area (Å²) in [5.74, 6) is -2.12. The fourth-order valence-corrected chi connectivity index (χ4v) is 13.2. The normalized spacial score (nSPS) is 13.9. The molecule has 5 atom stereocenters. The van der Waals surface area contributed by atoms with Gasteiger partial charge < -0.3 is 33.8 Å². The molecule has 0 aromatic heterocycles. The molecule has 0 aliphatic rings. The Morgan fingerprint density at radius 3 is 0.628 bits per heavy atom. The zero-order valence-corrected chi connectivity index (χ0v) is 62.7. The molecular weight excluding hydrogens is 1230 g/mol. The number of unbranched alkanes of at least 4 members (excludes halogenated alkanes) is 50. The minimum Gasteiger partial charge on any atom is -0.462 e. The van der Waals surface area contributed by atoms with E-state index >= 15 is 0 Å². The molecule has 17 nitrogen and oxygen atoms in total. The molecule has 558 valence electrons. The molecule has 3 N–H and O–H groups in total. The van der Waals surface area contributed by atoms with E-state index in [4.69, 9.17) is 37.0 Å². The molecular formula is C75H146O17P2. The van der Waals surface area contributed by atoms with Gasteiger partial charge >= 0.3 is 39.5 Å². The second-order valence-electron chi connectivity index (χ2n) is 27.0. The van der Waals surface area contributed by atoms with Crippen LogP contribution in [0.4, 0.5) is 0 Å². The fraction of sp³-hybridized carbons (Fsp3) is 0.947. The average molecular weight is 1380 g/mol. The molecule has 0 aromatic rings. The van der Waals surface area contributed by atoms with Crippen LogP contribution in [-0.4, -0.2) is 96.7 Å². The van der Waals surface area contributed by atoms with Gasteiger partial charge in [-0.2, -0.15) is 0 Å². The first-order valence-corrected chi connectivity index (χ1v) is 42.3. The van der Waals surface area contributed by atoms with E-state index in [9.17, 15) is 43.2 Å². The third-order valence-electron chi connectivity index (χ3n) is 17.6. The molecule has 19 heteroatoms. The lowest BCUT2D eigenvalue weighted by Crippen LogP contribution is -2.30. The first-order valence-electron chi connectivity index (χ1n) is 39.3. The molecule has 0 heterocycles. The minimum absolute atomic E-state index is 0.107. The SMILES string of the molecule is CCCCCCCCCCCCCCCCCCCCCCCCC(=O)O[C@H](COC(=O)CCCCCCCCCCCCCCC)COP(=O)(O)OC[C@@H](O)COP(=O)(O)OC[C@@H](COC(=O)CCCCCCCCCCC)OC(=O)CCCCCCCCCCCC. The quantitative estimate of drug-likeness (QED) is 0.0222. The first-order chi connectivity index (χ1) is 45.7. The summed E-state index contributed by atoms with van der Waals surface area (Å²) in [5.41, 5.74) is 0. The monoisotopic (exact) mass is 1380 g/mol. The summed E-state index contributed by atoms with van der Waals surface area (Å²) in [7, 11) is -9.90. The number of carbonyl (C=O) groups is 4. The summed E-state index contributed by atoms with van der Waals surface area (Å²) < 4.78 is 68.4. The van der Waals surface area contributed by atoms with Gasteiger partial charge in [0.05, 0.1) is 26.4 Å². The average Bonchev–Trinajstić information content (AvgIpc) is 1.51. The van der Waals surface area contributed by atoms with Gasteiger partial charge in [0.25, 0.3) is 0 Å². The van der Waals surface area contributed by atoms with Crippen molar-refractivity contribution in [1.29, 1.82) is 0 Å². The standard InChI is InChI=1S/C75H146O17P2/c1-5-9-13-17-21-25-28-30-31-32-33-34-35-36-37-38-40-42-46-50-54-58-62-75(80)92-71(66-86-73(78)60-56-52-48-45-41-39-29-26-22-18-14-10-6-2)68-90-94(83,84)88-64-69(76)63-87-93(81,82)89-67-70(65-85-72(77)59-55-51-47-43-24-20-16-12-8-4)91-74(79)61-57-53-49-44-27-23-19-15-11-7-3/h69-71,76H,5-68H2,1-4H3,(H,81,82)(H,83,84)/t69-,70+,71+/m0/s1. The summed E-state index contributed by atoms with van der Waals surface area (Å²) in [6.07, 6.45) is 59.8. The van der Waals surface area contributed by atoms with Crippen LogP contribution in [0.15, 0.2) is 0 Å². The molecule has 0 aliphatic heterocycles.